The predicted molar refractivity (Wildman–Crippen MR) is 121 cm³/mol. The second kappa shape index (κ2) is 11.5. The Balaban J connectivity index is 2.00. The molecule has 0 bridgehead atoms. The van der Waals surface area contributed by atoms with Gasteiger partial charge in [-0.2, -0.15) is 0 Å². The van der Waals surface area contributed by atoms with Gasteiger partial charge in [-0.25, -0.2) is 4.79 Å². The van der Waals surface area contributed by atoms with Crippen molar-refractivity contribution in [1.82, 2.24) is 25.6 Å². The Morgan fingerprint density at radius 2 is 1.60 bits per heavy atom. The number of hydrazine groups is 1. The van der Waals surface area contributed by atoms with E-state index in [1.165, 1.54) is 37.6 Å². The molecule has 2 saturated heterocycles. The molecule has 0 aliphatic carbocycles. The normalized spacial score (nSPS) is 22.1. The lowest BCUT2D eigenvalue weighted by molar-refractivity contribution is -0.175. The third-order valence-corrected chi connectivity index (χ3v) is 6.20. The minimum Gasteiger partial charge on any atom is -0.463 e. The van der Waals surface area contributed by atoms with Crippen molar-refractivity contribution < 1.29 is 38.6 Å². The number of likely N-dealkylation sites (tertiary alicyclic amines) is 2. The van der Waals surface area contributed by atoms with Crippen molar-refractivity contribution in [2.75, 3.05) is 26.7 Å². The van der Waals surface area contributed by atoms with Crippen LogP contribution in [0.4, 0.5) is 0 Å². The monoisotopic (exact) mass is 497 g/mol. The number of rotatable bonds is 7. The zero-order chi connectivity index (χ0) is 26.5. The first-order valence-corrected chi connectivity index (χ1v) is 11.7. The van der Waals surface area contributed by atoms with Crippen molar-refractivity contribution in [2.45, 2.75) is 77.1 Å². The zero-order valence-electron chi connectivity index (χ0n) is 20.8. The van der Waals surface area contributed by atoms with Gasteiger partial charge in [-0.1, -0.05) is 0 Å². The fourth-order valence-electron chi connectivity index (χ4n) is 4.32. The molecule has 5 amide bonds. The molecule has 0 aromatic carbocycles. The number of hydrogen-bond donors (Lipinski definition) is 3. The van der Waals surface area contributed by atoms with Gasteiger partial charge in [0.15, 0.2) is 0 Å². The fraction of sp³-hybridized carbons (Fsp3) is 0.727. The largest absolute Gasteiger partial charge is 0.463 e. The summed E-state index contributed by atoms with van der Waals surface area (Å²) < 4.78 is 4.69. The molecular weight excluding hydrogens is 462 g/mol. The molecule has 2 heterocycles. The number of likely N-dealkylation sites (N-methyl/N-ethyl adjacent to an activating group) is 1. The minimum atomic E-state index is -2.50. The summed E-state index contributed by atoms with van der Waals surface area (Å²) in [5.74, 6) is -4.05. The van der Waals surface area contributed by atoms with Crippen LogP contribution in [0.3, 0.4) is 0 Å². The first kappa shape index (κ1) is 28.0. The lowest BCUT2D eigenvalue weighted by Gasteiger charge is -2.31. The standard InChI is InChI=1S/C22H35N5O8/c1-6-35-21(33)22(4,34)20(32)25(5)24-18(30)16-10-8-12-27(16)19(31)13(2)23-17(29)15-9-7-11-26(15)14(3)28/h13,15-16,34H,6-12H2,1-5H3,(H,23,29)(H,24,30)/t13-,15-,16-,22?/m0/s1. The number of nitrogens with zero attached hydrogens (tertiary/aromatic N) is 3. The highest BCUT2D eigenvalue weighted by molar-refractivity contribution is 6.05. The number of ether oxygens (including phenoxy) is 1. The summed E-state index contributed by atoms with van der Waals surface area (Å²) in [6.07, 6.45) is 2.07. The average Bonchev–Trinajstić information content (AvgIpc) is 3.47. The van der Waals surface area contributed by atoms with E-state index in [0.29, 0.717) is 37.2 Å². The van der Waals surface area contributed by atoms with Crippen LogP contribution < -0.4 is 10.7 Å². The average molecular weight is 498 g/mol. The van der Waals surface area contributed by atoms with E-state index in [1.807, 2.05) is 0 Å². The van der Waals surface area contributed by atoms with E-state index in [2.05, 4.69) is 15.5 Å². The van der Waals surface area contributed by atoms with E-state index in [-0.39, 0.29) is 19.1 Å². The summed E-state index contributed by atoms with van der Waals surface area (Å²) >= 11 is 0. The maximum atomic E-state index is 13.0. The molecule has 1 unspecified atom stereocenters. The Morgan fingerprint density at radius 1 is 1.06 bits per heavy atom. The number of nitrogens with one attached hydrogen (secondary N) is 2. The van der Waals surface area contributed by atoms with Gasteiger partial charge in [0.1, 0.15) is 18.1 Å². The molecule has 2 rings (SSSR count). The Bertz CT molecular complexity index is 876. The van der Waals surface area contributed by atoms with E-state index in [1.54, 1.807) is 0 Å². The van der Waals surface area contributed by atoms with Crippen molar-refractivity contribution in [2.24, 2.45) is 0 Å². The second-order valence-electron chi connectivity index (χ2n) is 8.92. The minimum absolute atomic E-state index is 0.0419. The molecule has 2 aliphatic heterocycles. The molecule has 35 heavy (non-hydrogen) atoms. The summed E-state index contributed by atoms with van der Waals surface area (Å²) in [7, 11) is 1.17. The number of carbonyl (C=O) groups is 6. The molecule has 0 radical (unpaired) electrons. The van der Waals surface area contributed by atoms with Crippen LogP contribution in [0.15, 0.2) is 0 Å². The number of aliphatic hydroxyl groups is 1. The maximum Gasteiger partial charge on any atom is 0.347 e. The Hall–Kier alpha value is -3.22. The first-order valence-electron chi connectivity index (χ1n) is 11.7. The number of carbonyl (C=O) groups excluding carboxylic acids is 6. The van der Waals surface area contributed by atoms with Gasteiger partial charge in [0.05, 0.1) is 6.61 Å². The third-order valence-electron chi connectivity index (χ3n) is 6.20. The topological polar surface area (TPSA) is 166 Å². The highest BCUT2D eigenvalue weighted by atomic mass is 16.5. The summed E-state index contributed by atoms with van der Waals surface area (Å²) in [5, 5.41) is 13.5. The highest BCUT2D eigenvalue weighted by Crippen LogP contribution is 2.20. The van der Waals surface area contributed by atoms with Crippen LogP contribution >= 0.6 is 0 Å². The smallest absolute Gasteiger partial charge is 0.347 e. The maximum absolute atomic E-state index is 13.0. The molecule has 3 N–H and O–H groups in total. The molecule has 0 aromatic heterocycles. The van der Waals surface area contributed by atoms with Gasteiger partial charge in [0, 0.05) is 27.1 Å². The van der Waals surface area contributed by atoms with Crippen molar-refractivity contribution in [3.05, 3.63) is 0 Å². The first-order chi connectivity index (χ1) is 16.3. The van der Waals surface area contributed by atoms with Gasteiger partial charge in [0.2, 0.25) is 23.3 Å². The molecule has 2 aliphatic rings. The third kappa shape index (κ3) is 6.27. The van der Waals surface area contributed by atoms with Crippen molar-refractivity contribution >= 4 is 35.5 Å². The quantitative estimate of drug-likeness (QED) is 0.213. The van der Waals surface area contributed by atoms with Crippen LogP contribution in [0.1, 0.15) is 53.4 Å². The molecule has 2 fully saturated rings. The number of esters is 1. The number of amides is 5. The second-order valence-corrected chi connectivity index (χ2v) is 8.92. The molecule has 13 heteroatoms. The van der Waals surface area contributed by atoms with Crippen molar-refractivity contribution in [3.63, 3.8) is 0 Å². The van der Waals surface area contributed by atoms with Gasteiger partial charge in [0.25, 0.3) is 11.8 Å². The summed E-state index contributed by atoms with van der Waals surface area (Å²) in [5.41, 5.74) is -0.200. The fourth-order valence-corrected chi connectivity index (χ4v) is 4.32. The Kier molecular flexibility index (Phi) is 9.18. The molecule has 0 aromatic rings. The van der Waals surface area contributed by atoms with Crippen molar-refractivity contribution in [1.29, 1.82) is 0 Å². The molecule has 4 atom stereocenters. The zero-order valence-corrected chi connectivity index (χ0v) is 20.8. The van der Waals surface area contributed by atoms with Crippen LogP contribution in [-0.4, -0.2) is 106 Å². The van der Waals surface area contributed by atoms with Gasteiger partial charge in [-0.3, -0.25) is 34.4 Å². The Morgan fingerprint density at radius 3 is 2.14 bits per heavy atom. The van der Waals surface area contributed by atoms with Crippen LogP contribution in [0.2, 0.25) is 0 Å². The van der Waals surface area contributed by atoms with E-state index < -0.39 is 53.3 Å². The Labute approximate surface area is 204 Å². The van der Waals surface area contributed by atoms with Crippen molar-refractivity contribution in [3.8, 4) is 0 Å². The van der Waals surface area contributed by atoms with Crippen LogP contribution in [-0.2, 0) is 33.5 Å². The molecule has 0 spiro atoms. The van der Waals surface area contributed by atoms with Crippen LogP contribution in [0.25, 0.3) is 0 Å². The van der Waals surface area contributed by atoms with Crippen LogP contribution in [0, 0.1) is 0 Å². The SMILES string of the molecule is CCOC(=O)C(C)(O)C(=O)N(C)NC(=O)[C@@H]1CCCN1C(=O)[C@H](C)NC(=O)[C@@H]1CCCN1C(C)=O. The predicted octanol–water partition coefficient (Wildman–Crippen LogP) is -1.70. The summed E-state index contributed by atoms with van der Waals surface area (Å²) in [4.78, 5) is 77.4. The van der Waals surface area contributed by atoms with E-state index in [9.17, 15) is 33.9 Å². The van der Waals surface area contributed by atoms with E-state index in [0.717, 1.165) is 6.92 Å². The van der Waals surface area contributed by atoms with Crippen LogP contribution in [0.5, 0.6) is 0 Å². The molecule has 196 valence electrons. The molecule has 0 saturated carbocycles. The van der Waals surface area contributed by atoms with Gasteiger partial charge < -0.3 is 25.0 Å². The van der Waals surface area contributed by atoms with Gasteiger partial charge >= 0.3 is 5.97 Å². The van der Waals surface area contributed by atoms with E-state index in [4.69, 9.17) is 0 Å². The molecular formula is C22H35N5O8. The van der Waals surface area contributed by atoms with Gasteiger partial charge in [-0.15, -0.1) is 0 Å². The lowest BCUT2D eigenvalue weighted by atomic mass is 10.1. The van der Waals surface area contributed by atoms with E-state index >= 15 is 0 Å². The molecule has 13 nitrogen and oxygen atoms in total. The summed E-state index contributed by atoms with van der Waals surface area (Å²) in [6.45, 7) is 6.10. The van der Waals surface area contributed by atoms with Gasteiger partial charge in [-0.05, 0) is 46.5 Å². The summed E-state index contributed by atoms with van der Waals surface area (Å²) in [6, 6.07) is -2.48. The number of hydrogen-bond acceptors (Lipinski definition) is 8. The lowest BCUT2D eigenvalue weighted by Crippen LogP contribution is -2.60. The highest BCUT2D eigenvalue weighted by Gasteiger charge is 2.44.